The molecule has 4 rings (SSSR count). The van der Waals surface area contributed by atoms with Crippen molar-refractivity contribution in [2.24, 2.45) is 0 Å². The van der Waals surface area contributed by atoms with Gasteiger partial charge in [-0.1, -0.05) is 18.2 Å². The highest BCUT2D eigenvalue weighted by Crippen LogP contribution is 2.30. The van der Waals surface area contributed by atoms with E-state index in [-0.39, 0.29) is 30.3 Å². The number of benzene rings is 1. The molecule has 1 saturated heterocycles. The van der Waals surface area contributed by atoms with Crippen molar-refractivity contribution in [2.45, 2.75) is 37.9 Å². The van der Waals surface area contributed by atoms with Crippen LogP contribution in [-0.2, 0) is 17.8 Å². The van der Waals surface area contributed by atoms with E-state index in [1.807, 2.05) is 35.2 Å². The van der Waals surface area contributed by atoms with Crippen LogP contribution in [0.4, 0.5) is 0 Å². The Balaban J connectivity index is 1.49. The molecule has 1 fully saturated rings. The Morgan fingerprint density at radius 2 is 2.04 bits per heavy atom. The van der Waals surface area contributed by atoms with Gasteiger partial charge in [0.2, 0.25) is 0 Å². The lowest BCUT2D eigenvalue weighted by molar-refractivity contribution is -0.136. The number of hydrogen-bond donors (Lipinski definition) is 1. The molecule has 7 heteroatoms. The summed E-state index contributed by atoms with van der Waals surface area (Å²) in [6.45, 7) is 0.536. The molecule has 0 unspecified atom stereocenters. The minimum Gasteiger partial charge on any atom is -0.484 e. The maximum absolute atomic E-state index is 12.6. The molecule has 0 saturated carbocycles. The van der Waals surface area contributed by atoms with Crippen molar-refractivity contribution < 1.29 is 9.53 Å². The van der Waals surface area contributed by atoms with Crippen LogP contribution in [0, 0.1) is 0 Å². The van der Waals surface area contributed by atoms with E-state index in [2.05, 4.69) is 10.2 Å². The molecule has 0 spiro atoms. The number of aromatic nitrogens is 3. The number of hydrogen-bond acceptors (Lipinski definition) is 4. The van der Waals surface area contributed by atoms with E-state index in [4.69, 9.17) is 4.74 Å². The Morgan fingerprint density at radius 1 is 1.26 bits per heavy atom. The van der Waals surface area contributed by atoms with Crippen molar-refractivity contribution >= 4 is 5.91 Å². The summed E-state index contributed by atoms with van der Waals surface area (Å²) in [5.41, 5.74) is -0.194. The maximum atomic E-state index is 12.6. The molecule has 2 aromatic rings. The fourth-order valence-electron chi connectivity index (χ4n) is 3.60. The maximum Gasteiger partial charge on any atom is 0.343 e. The topological polar surface area (TPSA) is 80.2 Å². The van der Waals surface area contributed by atoms with Crippen LogP contribution in [0.25, 0.3) is 0 Å². The Bertz CT molecular complexity index is 767. The van der Waals surface area contributed by atoms with E-state index in [0.717, 1.165) is 18.7 Å². The fraction of sp³-hybridized carbons (Fsp3) is 0.438. The molecule has 1 N–H and O–H groups in total. The van der Waals surface area contributed by atoms with Crippen molar-refractivity contribution in [3.63, 3.8) is 0 Å². The molecule has 0 aliphatic carbocycles. The molecule has 1 aromatic carbocycles. The molecule has 1 amide bonds. The summed E-state index contributed by atoms with van der Waals surface area (Å²) >= 11 is 0. The van der Waals surface area contributed by atoms with Gasteiger partial charge < -0.3 is 9.64 Å². The van der Waals surface area contributed by atoms with Crippen LogP contribution in [0.15, 0.2) is 35.1 Å². The first-order valence-electron chi connectivity index (χ1n) is 7.85. The molecule has 120 valence electrons. The number of carbonyl (C=O) groups excluding carboxylic acids is 1. The van der Waals surface area contributed by atoms with Crippen molar-refractivity contribution in [1.29, 1.82) is 0 Å². The first-order valence-corrected chi connectivity index (χ1v) is 7.85. The molecule has 2 atom stereocenters. The van der Waals surface area contributed by atoms with E-state index in [1.54, 1.807) is 4.57 Å². The van der Waals surface area contributed by atoms with Gasteiger partial charge in [-0.2, -0.15) is 5.10 Å². The van der Waals surface area contributed by atoms with Gasteiger partial charge in [0, 0.05) is 19.0 Å². The SMILES string of the molecule is O=C(COc1ccccc1)N1[C@@H]2CC[C@H]1Cc1n[nH]c(=O)n1C2. The number of aromatic amines is 1. The third-order valence-corrected chi connectivity index (χ3v) is 4.66. The van der Waals surface area contributed by atoms with E-state index in [9.17, 15) is 9.59 Å². The van der Waals surface area contributed by atoms with E-state index < -0.39 is 0 Å². The first-order chi connectivity index (χ1) is 11.2. The zero-order valence-corrected chi connectivity index (χ0v) is 12.6. The Labute approximate surface area is 132 Å². The van der Waals surface area contributed by atoms with Crippen LogP contribution < -0.4 is 10.4 Å². The fourth-order valence-corrected chi connectivity index (χ4v) is 3.60. The van der Waals surface area contributed by atoms with Gasteiger partial charge in [-0.25, -0.2) is 9.89 Å². The Kier molecular flexibility index (Phi) is 3.40. The minimum absolute atomic E-state index is 0.0235. The van der Waals surface area contributed by atoms with E-state index in [1.165, 1.54) is 0 Å². The molecular weight excluding hydrogens is 296 g/mol. The average molecular weight is 314 g/mol. The van der Waals surface area contributed by atoms with Crippen LogP contribution in [0.5, 0.6) is 5.75 Å². The van der Waals surface area contributed by atoms with E-state index in [0.29, 0.717) is 18.7 Å². The molecule has 0 radical (unpaired) electrons. The zero-order valence-electron chi connectivity index (χ0n) is 12.6. The standard InChI is InChI=1S/C16H18N4O3/c21-15(10-23-13-4-2-1-3-5-13)20-11-6-7-12(20)9-19-14(8-11)17-18-16(19)22/h1-5,11-12H,6-10H2,(H,18,22)/t11-,12+/m0/s1. The summed E-state index contributed by atoms with van der Waals surface area (Å²) in [4.78, 5) is 26.3. The second-order valence-electron chi connectivity index (χ2n) is 6.05. The van der Waals surface area contributed by atoms with Gasteiger partial charge in [-0.3, -0.25) is 9.36 Å². The van der Waals surface area contributed by atoms with Crippen LogP contribution in [-0.4, -0.2) is 44.3 Å². The van der Waals surface area contributed by atoms with Gasteiger partial charge in [0.05, 0.1) is 6.04 Å². The molecule has 2 aliphatic heterocycles. The van der Waals surface area contributed by atoms with Gasteiger partial charge >= 0.3 is 5.69 Å². The number of rotatable bonds is 3. The van der Waals surface area contributed by atoms with Gasteiger partial charge in [0.1, 0.15) is 11.6 Å². The number of amides is 1. The molecule has 1 aromatic heterocycles. The third kappa shape index (κ3) is 2.52. The highest BCUT2D eigenvalue weighted by atomic mass is 16.5. The predicted octanol–water partition coefficient (Wildman–Crippen LogP) is 0.566. The molecule has 2 aliphatic rings. The molecule has 7 nitrogen and oxygen atoms in total. The van der Waals surface area contributed by atoms with Crippen molar-refractivity contribution in [2.75, 3.05) is 6.61 Å². The third-order valence-electron chi connectivity index (χ3n) is 4.66. The molecular formula is C16H18N4O3. The number of nitrogens with zero attached hydrogens (tertiary/aromatic N) is 3. The van der Waals surface area contributed by atoms with Crippen LogP contribution in [0.1, 0.15) is 18.7 Å². The summed E-state index contributed by atoms with van der Waals surface area (Å²) in [6.07, 6.45) is 2.48. The zero-order chi connectivity index (χ0) is 15.8. The predicted molar refractivity (Wildman–Crippen MR) is 82.1 cm³/mol. The van der Waals surface area contributed by atoms with Gasteiger partial charge in [-0.15, -0.1) is 0 Å². The smallest absolute Gasteiger partial charge is 0.343 e. The molecule has 3 heterocycles. The summed E-state index contributed by atoms with van der Waals surface area (Å²) in [5.74, 6) is 1.40. The van der Waals surface area contributed by atoms with Gasteiger partial charge in [0.15, 0.2) is 6.61 Å². The number of nitrogens with one attached hydrogen (secondary N) is 1. The second-order valence-corrected chi connectivity index (χ2v) is 6.05. The highest BCUT2D eigenvalue weighted by Gasteiger charge is 2.40. The van der Waals surface area contributed by atoms with E-state index >= 15 is 0 Å². The van der Waals surface area contributed by atoms with Gasteiger partial charge in [-0.05, 0) is 25.0 Å². The average Bonchev–Trinajstić information content (AvgIpc) is 3.05. The molecule has 2 bridgehead atoms. The van der Waals surface area contributed by atoms with Crippen molar-refractivity contribution in [3.05, 3.63) is 46.6 Å². The van der Waals surface area contributed by atoms with Crippen molar-refractivity contribution in [3.8, 4) is 5.75 Å². The highest BCUT2D eigenvalue weighted by molar-refractivity contribution is 5.79. The minimum atomic E-state index is -0.194. The summed E-state index contributed by atoms with van der Waals surface area (Å²) in [5, 5.41) is 6.57. The molecule has 23 heavy (non-hydrogen) atoms. The largest absolute Gasteiger partial charge is 0.484 e. The number of carbonyl (C=O) groups is 1. The number of para-hydroxylation sites is 1. The summed E-state index contributed by atoms with van der Waals surface area (Å²) in [6, 6.07) is 9.47. The van der Waals surface area contributed by atoms with Crippen LogP contribution >= 0.6 is 0 Å². The van der Waals surface area contributed by atoms with Crippen LogP contribution in [0.3, 0.4) is 0 Å². The Morgan fingerprint density at radius 3 is 2.87 bits per heavy atom. The lowest BCUT2D eigenvalue weighted by Gasteiger charge is -2.27. The quantitative estimate of drug-likeness (QED) is 0.898. The first kappa shape index (κ1) is 14.0. The number of ether oxygens (including phenoxy) is 1. The summed E-state index contributed by atoms with van der Waals surface area (Å²) < 4.78 is 7.24. The normalized spacial score (nSPS) is 22.5. The second kappa shape index (κ2) is 5.57. The number of H-pyrrole nitrogens is 1. The summed E-state index contributed by atoms with van der Waals surface area (Å²) in [7, 11) is 0. The number of fused-ring (bicyclic) bond motifs is 3. The Hall–Kier alpha value is -2.57. The lowest BCUT2D eigenvalue weighted by atomic mass is 10.1. The van der Waals surface area contributed by atoms with Gasteiger partial charge in [0.25, 0.3) is 5.91 Å². The monoisotopic (exact) mass is 314 g/mol. The van der Waals surface area contributed by atoms with Crippen LogP contribution in [0.2, 0.25) is 0 Å². The lowest BCUT2D eigenvalue weighted by Crippen LogP contribution is -2.44. The van der Waals surface area contributed by atoms with Crippen molar-refractivity contribution in [1.82, 2.24) is 19.7 Å².